The number of hydrogen-bond acceptors (Lipinski definition) is 2. The second-order valence-corrected chi connectivity index (χ2v) is 4.68. The van der Waals surface area contributed by atoms with Crippen molar-refractivity contribution in [3.8, 4) is 0 Å². The van der Waals surface area contributed by atoms with E-state index in [1.54, 1.807) is 0 Å². The normalized spacial score (nSPS) is 20.9. The smallest absolute Gasteiger partial charge is 0.110 e. The van der Waals surface area contributed by atoms with Gasteiger partial charge >= 0.3 is 0 Å². The van der Waals surface area contributed by atoms with Crippen molar-refractivity contribution in [3.63, 3.8) is 0 Å². The van der Waals surface area contributed by atoms with Gasteiger partial charge in [0.1, 0.15) is 6.10 Å². The molecule has 0 saturated heterocycles. The molecular formula is C15H21NO. The molecule has 0 saturated carbocycles. The molecule has 2 nitrogen and oxygen atoms in total. The summed E-state index contributed by atoms with van der Waals surface area (Å²) in [6.07, 6.45) is 6.53. The van der Waals surface area contributed by atoms with Gasteiger partial charge in [-0.3, -0.25) is 0 Å². The number of allylic oxidation sites excluding steroid dienone is 1. The van der Waals surface area contributed by atoms with Gasteiger partial charge in [-0.15, -0.1) is 0 Å². The van der Waals surface area contributed by atoms with Gasteiger partial charge in [-0.05, 0) is 30.4 Å². The van der Waals surface area contributed by atoms with E-state index in [1.165, 1.54) is 5.56 Å². The number of benzene rings is 1. The maximum absolute atomic E-state index is 5.52. The van der Waals surface area contributed by atoms with Crippen LogP contribution in [0.15, 0.2) is 42.7 Å². The topological polar surface area (TPSA) is 21.3 Å². The Kier molecular flexibility index (Phi) is 4.63. The van der Waals surface area contributed by atoms with Crippen molar-refractivity contribution in [2.24, 2.45) is 0 Å². The first kappa shape index (κ1) is 12.2. The maximum atomic E-state index is 5.52. The summed E-state index contributed by atoms with van der Waals surface area (Å²) in [5.41, 5.74) is 1.39. The predicted molar refractivity (Wildman–Crippen MR) is 71.0 cm³/mol. The van der Waals surface area contributed by atoms with Crippen molar-refractivity contribution in [1.82, 2.24) is 5.32 Å². The average Bonchev–Trinajstić information content (AvgIpc) is 2.41. The molecule has 92 valence electrons. The minimum absolute atomic E-state index is 0.350. The van der Waals surface area contributed by atoms with Gasteiger partial charge in [0, 0.05) is 13.1 Å². The molecule has 0 aliphatic carbocycles. The second kappa shape index (κ2) is 6.45. The zero-order chi connectivity index (χ0) is 11.9. The highest BCUT2D eigenvalue weighted by Gasteiger charge is 2.11. The summed E-state index contributed by atoms with van der Waals surface area (Å²) in [5.74, 6) is 0.551. The van der Waals surface area contributed by atoms with Gasteiger partial charge in [-0.1, -0.05) is 37.3 Å². The van der Waals surface area contributed by atoms with Crippen molar-refractivity contribution < 1.29 is 4.74 Å². The van der Waals surface area contributed by atoms with E-state index < -0.39 is 0 Å². The zero-order valence-corrected chi connectivity index (χ0v) is 10.4. The van der Waals surface area contributed by atoms with Crippen LogP contribution in [0, 0.1) is 0 Å². The minimum atomic E-state index is 0.350. The summed E-state index contributed by atoms with van der Waals surface area (Å²) < 4.78 is 5.52. The van der Waals surface area contributed by atoms with E-state index in [0.717, 1.165) is 25.9 Å². The van der Waals surface area contributed by atoms with Crippen LogP contribution < -0.4 is 5.32 Å². The van der Waals surface area contributed by atoms with Gasteiger partial charge in [-0.2, -0.15) is 0 Å². The Labute approximate surface area is 104 Å². The lowest BCUT2D eigenvalue weighted by Crippen LogP contribution is -2.31. The summed E-state index contributed by atoms with van der Waals surface area (Å²) in [7, 11) is 0. The average molecular weight is 231 g/mol. The molecule has 1 aliphatic heterocycles. The van der Waals surface area contributed by atoms with Crippen LogP contribution in [0.3, 0.4) is 0 Å². The standard InChI is InChI=1S/C15H21NO/c1-13(14-7-3-2-4-8-14)11-16-12-15-9-5-6-10-17-15/h2-4,6-8,10,13,15-16H,5,9,11-12H2,1H3. The Morgan fingerprint density at radius 2 is 2.18 bits per heavy atom. The molecule has 0 amide bonds. The minimum Gasteiger partial charge on any atom is -0.497 e. The third-order valence-electron chi connectivity index (χ3n) is 3.21. The molecule has 2 heteroatoms. The number of hydrogen-bond donors (Lipinski definition) is 1. The lowest BCUT2D eigenvalue weighted by Gasteiger charge is -2.21. The molecule has 1 heterocycles. The van der Waals surface area contributed by atoms with E-state index >= 15 is 0 Å². The molecular weight excluding hydrogens is 210 g/mol. The van der Waals surface area contributed by atoms with E-state index in [-0.39, 0.29) is 0 Å². The molecule has 0 fully saturated rings. The molecule has 2 atom stereocenters. The SMILES string of the molecule is CC(CNCC1CCC=CO1)c1ccccc1. The summed E-state index contributed by atoms with van der Waals surface area (Å²) in [5, 5.41) is 3.49. The largest absolute Gasteiger partial charge is 0.497 e. The molecule has 0 spiro atoms. The van der Waals surface area contributed by atoms with Gasteiger partial charge in [0.05, 0.1) is 6.26 Å². The van der Waals surface area contributed by atoms with Crippen molar-refractivity contribution in [1.29, 1.82) is 0 Å². The first-order valence-electron chi connectivity index (χ1n) is 6.42. The van der Waals surface area contributed by atoms with E-state index in [2.05, 4.69) is 48.6 Å². The molecule has 0 aromatic heterocycles. The van der Waals surface area contributed by atoms with Crippen LogP contribution >= 0.6 is 0 Å². The van der Waals surface area contributed by atoms with E-state index in [4.69, 9.17) is 4.74 Å². The molecule has 1 aromatic carbocycles. The molecule has 1 aliphatic rings. The molecule has 0 radical (unpaired) electrons. The first-order chi connectivity index (χ1) is 8.36. The fourth-order valence-corrected chi connectivity index (χ4v) is 2.10. The van der Waals surface area contributed by atoms with Gasteiger partial charge in [0.2, 0.25) is 0 Å². The highest BCUT2D eigenvalue weighted by molar-refractivity contribution is 5.18. The quantitative estimate of drug-likeness (QED) is 0.841. The van der Waals surface area contributed by atoms with Gasteiger partial charge < -0.3 is 10.1 Å². The fourth-order valence-electron chi connectivity index (χ4n) is 2.10. The van der Waals surface area contributed by atoms with Gasteiger partial charge in [0.25, 0.3) is 0 Å². The highest BCUT2D eigenvalue weighted by Crippen LogP contribution is 2.14. The van der Waals surface area contributed by atoms with E-state index in [9.17, 15) is 0 Å². The van der Waals surface area contributed by atoms with Crippen LogP contribution in [-0.2, 0) is 4.74 Å². The van der Waals surface area contributed by atoms with Crippen molar-refractivity contribution >= 4 is 0 Å². The van der Waals surface area contributed by atoms with Crippen LogP contribution in [0.25, 0.3) is 0 Å². The van der Waals surface area contributed by atoms with Gasteiger partial charge in [0.15, 0.2) is 0 Å². The summed E-state index contributed by atoms with van der Waals surface area (Å²) in [6, 6.07) is 10.6. The summed E-state index contributed by atoms with van der Waals surface area (Å²) in [6.45, 7) is 4.21. The van der Waals surface area contributed by atoms with Crippen LogP contribution in [0.2, 0.25) is 0 Å². The van der Waals surface area contributed by atoms with Crippen molar-refractivity contribution in [2.75, 3.05) is 13.1 Å². The molecule has 1 N–H and O–H groups in total. The van der Waals surface area contributed by atoms with E-state index in [0.29, 0.717) is 12.0 Å². The highest BCUT2D eigenvalue weighted by atomic mass is 16.5. The summed E-state index contributed by atoms with van der Waals surface area (Å²) >= 11 is 0. The van der Waals surface area contributed by atoms with Crippen LogP contribution in [0.1, 0.15) is 31.2 Å². The Morgan fingerprint density at radius 3 is 2.88 bits per heavy atom. The van der Waals surface area contributed by atoms with Crippen molar-refractivity contribution in [3.05, 3.63) is 48.2 Å². The van der Waals surface area contributed by atoms with Gasteiger partial charge in [-0.25, -0.2) is 0 Å². The fraction of sp³-hybridized carbons (Fsp3) is 0.467. The number of ether oxygens (including phenoxy) is 1. The lowest BCUT2D eigenvalue weighted by molar-refractivity contribution is 0.122. The lowest BCUT2D eigenvalue weighted by atomic mass is 10.0. The Hall–Kier alpha value is -1.28. The van der Waals surface area contributed by atoms with Crippen LogP contribution in [0.4, 0.5) is 0 Å². The Balaban J connectivity index is 1.70. The van der Waals surface area contributed by atoms with Crippen LogP contribution in [0.5, 0.6) is 0 Å². The second-order valence-electron chi connectivity index (χ2n) is 4.68. The first-order valence-corrected chi connectivity index (χ1v) is 6.42. The molecule has 17 heavy (non-hydrogen) atoms. The molecule has 0 bridgehead atoms. The Morgan fingerprint density at radius 1 is 1.35 bits per heavy atom. The van der Waals surface area contributed by atoms with Crippen LogP contribution in [-0.4, -0.2) is 19.2 Å². The molecule has 2 unspecified atom stereocenters. The monoisotopic (exact) mass is 231 g/mol. The summed E-state index contributed by atoms with van der Waals surface area (Å²) in [4.78, 5) is 0. The number of rotatable bonds is 5. The third-order valence-corrected chi connectivity index (χ3v) is 3.21. The number of nitrogens with one attached hydrogen (secondary N) is 1. The van der Waals surface area contributed by atoms with E-state index in [1.807, 2.05) is 6.26 Å². The Bertz CT molecular complexity index is 347. The van der Waals surface area contributed by atoms with Crippen molar-refractivity contribution in [2.45, 2.75) is 31.8 Å². The maximum Gasteiger partial charge on any atom is 0.110 e. The molecule has 1 aromatic rings. The predicted octanol–water partition coefficient (Wildman–Crippen LogP) is 3.07. The third kappa shape index (κ3) is 3.90. The zero-order valence-electron chi connectivity index (χ0n) is 10.4. The molecule has 2 rings (SSSR count).